The molecule has 1 fully saturated rings. The highest BCUT2D eigenvalue weighted by Gasteiger charge is 2.37. The van der Waals surface area contributed by atoms with Crippen molar-refractivity contribution in [3.05, 3.63) is 47.8 Å². The third kappa shape index (κ3) is 4.16. The molecule has 1 aromatic heterocycles. The van der Waals surface area contributed by atoms with Gasteiger partial charge in [-0.2, -0.15) is 18.3 Å². The van der Waals surface area contributed by atoms with Gasteiger partial charge in [-0.05, 0) is 30.7 Å². The molecular formula is C18H18F3N3O4. The lowest BCUT2D eigenvalue weighted by atomic mass is 10.1. The summed E-state index contributed by atoms with van der Waals surface area (Å²) in [5.74, 6) is -1.43. The number of nitrogens with zero attached hydrogens (tertiary/aromatic N) is 3. The van der Waals surface area contributed by atoms with E-state index in [9.17, 15) is 22.8 Å². The maximum atomic E-state index is 12.9. The van der Waals surface area contributed by atoms with Crippen LogP contribution in [-0.2, 0) is 15.7 Å². The number of likely N-dealkylation sites (tertiary alicyclic amines) is 1. The fourth-order valence-electron chi connectivity index (χ4n) is 3.25. The SMILES string of the molecule is COC1CC(CC(=O)O)N(C(=O)c2cccc(-n3ccc(C(F)(F)F)n3)c2)C1. The van der Waals surface area contributed by atoms with E-state index in [1.165, 1.54) is 36.3 Å². The number of carboxylic acids is 1. The number of amides is 1. The van der Waals surface area contributed by atoms with Crippen LogP contribution in [0.4, 0.5) is 13.2 Å². The Morgan fingerprint density at radius 1 is 1.32 bits per heavy atom. The van der Waals surface area contributed by atoms with E-state index in [-0.39, 0.29) is 24.6 Å². The maximum absolute atomic E-state index is 12.9. The molecule has 150 valence electrons. The predicted molar refractivity (Wildman–Crippen MR) is 91.1 cm³/mol. The molecule has 28 heavy (non-hydrogen) atoms. The minimum atomic E-state index is -4.56. The van der Waals surface area contributed by atoms with Crippen LogP contribution in [-0.4, -0.2) is 57.5 Å². The van der Waals surface area contributed by atoms with Crippen molar-refractivity contribution in [1.29, 1.82) is 0 Å². The number of aromatic nitrogens is 2. The quantitative estimate of drug-likeness (QED) is 0.839. The summed E-state index contributed by atoms with van der Waals surface area (Å²) < 4.78 is 44.5. The highest BCUT2D eigenvalue weighted by Crippen LogP contribution is 2.28. The summed E-state index contributed by atoms with van der Waals surface area (Å²) in [6, 6.07) is 6.35. The van der Waals surface area contributed by atoms with Crippen LogP contribution in [0.25, 0.3) is 5.69 Å². The van der Waals surface area contributed by atoms with Gasteiger partial charge in [-0.1, -0.05) is 6.07 Å². The van der Waals surface area contributed by atoms with E-state index in [4.69, 9.17) is 9.84 Å². The zero-order valence-corrected chi connectivity index (χ0v) is 14.9. The van der Waals surface area contributed by atoms with E-state index in [0.29, 0.717) is 12.1 Å². The van der Waals surface area contributed by atoms with Gasteiger partial charge >= 0.3 is 12.1 Å². The third-order valence-electron chi connectivity index (χ3n) is 4.62. The van der Waals surface area contributed by atoms with Gasteiger partial charge in [-0.25, -0.2) is 4.68 Å². The number of halogens is 3. The lowest BCUT2D eigenvalue weighted by molar-refractivity contribution is -0.141. The summed E-state index contributed by atoms with van der Waals surface area (Å²) in [5.41, 5.74) is -0.513. The zero-order chi connectivity index (χ0) is 20.5. The van der Waals surface area contributed by atoms with Crippen LogP contribution in [0.1, 0.15) is 28.9 Å². The summed E-state index contributed by atoms with van der Waals surface area (Å²) in [6.45, 7) is 0.248. The van der Waals surface area contributed by atoms with E-state index in [1.54, 1.807) is 0 Å². The van der Waals surface area contributed by atoms with Gasteiger partial charge in [-0.3, -0.25) is 9.59 Å². The number of carbonyl (C=O) groups is 2. The average molecular weight is 397 g/mol. The molecular weight excluding hydrogens is 379 g/mol. The van der Waals surface area contributed by atoms with Crippen LogP contribution in [0, 0.1) is 0 Å². The molecule has 3 rings (SSSR count). The largest absolute Gasteiger partial charge is 0.481 e. The smallest absolute Gasteiger partial charge is 0.435 e. The van der Waals surface area contributed by atoms with Crippen LogP contribution >= 0.6 is 0 Å². The molecule has 7 nitrogen and oxygen atoms in total. The Morgan fingerprint density at radius 2 is 2.07 bits per heavy atom. The molecule has 2 unspecified atom stereocenters. The first-order valence-corrected chi connectivity index (χ1v) is 8.48. The number of methoxy groups -OCH3 is 1. The number of ether oxygens (including phenoxy) is 1. The van der Waals surface area contributed by atoms with Crippen LogP contribution < -0.4 is 0 Å². The minimum absolute atomic E-state index is 0.209. The highest BCUT2D eigenvalue weighted by molar-refractivity contribution is 5.95. The Balaban J connectivity index is 1.85. The maximum Gasteiger partial charge on any atom is 0.435 e. The second kappa shape index (κ2) is 7.63. The number of carbonyl (C=O) groups excluding carboxylic acids is 1. The zero-order valence-electron chi connectivity index (χ0n) is 14.9. The lowest BCUT2D eigenvalue weighted by Crippen LogP contribution is -2.37. The van der Waals surface area contributed by atoms with Crippen LogP contribution in [0.5, 0.6) is 0 Å². The Hall–Kier alpha value is -2.88. The second-order valence-electron chi connectivity index (χ2n) is 6.50. The molecule has 2 atom stereocenters. The monoisotopic (exact) mass is 397 g/mol. The summed E-state index contributed by atoms with van der Waals surface area (Å²) in [7, 11) is 1.49. The number of benzene rings is 1. The molecule has 2 heterocycles. The van der Waals surface area contributed by atoms with E-state index in [0.717, 1.165) is 16.9 Å². The summed E-state index contributed by atoms with van der Waals surface area (Å²) in [4.78, 5) is 25.4. The van der Waals surface area contributed by atoms with Crippen molar-refractivity contribution in [2.75, 3.05) is 13.7 Å². The molecule has 2 aromatic rings. The van der Waals surface area contributed by atoms with Crippen molar-refractivity contribution < 1.29 is 32.6 Å². The Labute approximate surface area is 158 Å². The van der Waals surface area contributed by atoms with Crippen LogP contribution in [0.3, 0.4) is 0 Å². The number of carboxylic acid groups (broad SMARTS) is 1. The molecule has 0 saturated carbocycles. The molecule has 1 aromatic carbocycles. The Morgan fingerprint density at radius 3 is 2.68 bits per heavy atom. The Bertz CT molecular complexity index is 881. The van der Waals surface area contributed by atoms with Crippen molar-refractivity contribution in [3.63, 3.8) is 0 Å². The highest BCUT2D eigenvalue weighted by atomic mass is 19.4. The minimum Gasteiger partial charge on any atom is -0.481 e. The van der Waals surface area contributed by atoms with Gasteiger partial charge in [0.05, 0.1) is 18.2 Å². The standard InChI is InChI=1S/C18H18F3N3O4/c1-28-14-8-13(9-16(25)26)23(10-14)17(27)11-3-2-4-12(7-11)24-6-5-15(22-24)18(19,20)21/h2-7,13-14H,8-10H2,1H3,(H,25,26). The first-order valence-electron chi connectivity index (χ1n) is 8.48. The third-order valence-corrected chi connectivity index (χ3v) is 4.62. The molecule has 0 bridgehead atoms. The first-order chi connectivity index (χ1) is 13.2. The van der Waals surface area contributed by atoms with Gasteiger partial charge in [-0.15, -0.1) is 0 Å². The summed E-state index contributed by atoms with van der Waals surface area (Å²) in [6.07, 6.45) is -3.47. The number of hydrogen-bond donors (Lipinski definition) is 1. The summed E-state index contributed by atoms with van der Waals surface area (Å²) >= 11 is 0. The van der Waals surface area contributed by atoms with Gasteiger partial charge in [0.15, 0.2) is 5.69 Å². The molecule has 1 saturated heterocycles. The molecule has 1 N–H and O–H groups in total. The van der Waals surface area contributed by atoms with E-state index in [2.05, 4.69) is 5.10 Å². The fraction of sp³-hybridized carbons (Fsp3) is 0.389. The number of rotatable bonds is 5. The van der Waals surface area contributed by atoms with Crippen molar-refractivity contribution in [2.45, 2.75) is 31.2 Å². The van der Waals surface area contributed by atoms with E-state index < -0.39 is 29.8 Å². The van der Waals surface area contributed by atoms with Crippen molar-refractivity contribution >= 4 is 11.9 Å². The van der Waals surface area contributed by atoms with Gasteiger partial charge in [0.2, 0.25) is 0 Å². The molecule has 1 aliphatic rings. The fourth-order valence-corrected chi connectivity index (χ4v) is 3.25. The average Bonchev–Trinajstić information content (AvgIpc) is 3.27. The molecule has 0 aliphatic carbocycles. The first kappa shape index (κ1) is 19.9. The number of hydrogen-bond acceptors (Lipinski definition) is 4. The van der Waals surface area contributed by atoms with Crippen molar-refractivity contribution in [1.82, 2.24) is 14.7 Å². The van der Waals surface area contributed by atoms with Gasteiger partial charge < -0.3 is 14.7 Å². The normalized spacial score (nSPS) is 19.8. The molecule has 1 amide bonds. The molecule has 0 radical (unpaired) electrons. The van der Waals surface area contributed by atoms with E-state index >= 15 is 0 Å². The number of alkyl halides is 3. The van der Waals surface area contributed by atoms with Gasteiger partial charge in [0.1, 0.15) is 0 Å². The topological polar surface area (TPSA) is 84.7 Å². The van der Waals surface area contributed by atoms with E-state index in [1.807, 2.05) is 0 Å². The molecule has 0 spiro atoms. The molecule has 1 aliphatic heterocycles. The van der Waals surface area contributed by atoms with Gasteiger partial charge in [0.25, 0.3) is 5.91 Å². The van der Waals surface area contributed by atoms with Crippen molar-refractivity contribution in [3.8, 4) is 5.69 Å². The van der Waals surface area contributed by atoms with Crippen LogP contribution in [0.2, 0.25) is 0 Å². The van der Waals surface area contributed by atoms with Crippen molar-refractivity contribution in [2.24, 2.45) is 0 Å². The lowest BCUT2D eigenvalue weighted by Gasteiger charge is -2.23. The van der Waals surface area contributed by atoms with Crippen LogP contribution in [0.15, 0.2) is 36.5 Å². The molecule has 10 heteroatoms. The Kier molecular flexibility index (Phi) is 5.41. The second-order valence-corrected chi connectivity index (χ2v) is 6.50. The summed E-state index contributed by atoms with van der Waals surface area (Å²) in [5, 5.41) is 12.6. The number of aliphatic carboxylic acids is 1. The van der Waals surface area contributed by atoms with Gasteiger partial charge in [0, 0.05) is 31.5 Å². The predicted octanol–water partition coefficient (Wildman–Crippen LogP) is 2.60.